The van der Waals surface area contributed by atoms with Crippen molar-refractivity contribution in [3.05, 3.63) is 78.1 Å². The SMILES string of the molecule is O=C(c1cccnn1)N1CCC[C@H](c2nccn2Cc2ccccc2)C1. The van der Waals surface area contributed by atoms with E-state index >= 15 is 0 Å². The molecule has 2 aromatic heterocycles. The average molecular weight is 347 g/mol. The highest BCUT2D eigenvalue weighted by Crippen LogP contribution is 2.27. The van der Waals surface area contributed by atoms with Crippen LogP contribution in [0.3, 0.4) is 0 Å². The lowest BCUT2D eigenvalue weighted by Crippen LogP contribution is -2.40. The van der Waals surface area contributed by atoms with Gasteiger partial charge in [-0.15, -0.1) is 5.10 Å². The van der Waals surface area contributed by atoms with Crippen LogP contribution in [0.25, 0.3) is 0 Å². The standard InChI is InChI=1S/C20H21N5O/c26-20(18-9-4-10-22-23-18)25-12-5-8-17(15-25)19-21-11-13-24(19)14-16-6-2-1-3-7-16/h1-4,6-7,9-11,13,17H,5,8,12,14-15H2/t17-/m0/s1. The first-order chi connectivity index (χ1) is 12.8. The number of imidazole rings is 1. The summed E-state index contributed by atoms with van der Waals surface area (Å²) in [5, 5.41) is 7.77. The van der Waals surface area contributed by atoms with Gasteiger partial charge >= 0.3 is 0 Å². The maximum absolute atomic E-state index is 12.7. The molecule has 1 aromatic carbocycles. The van der Waals surface area contributed by atoms with Gasteiger partial charge in [-0.25, -0.2) is 4.98 Å². The molecule has 4 rings (SSSR count). The van der Waals surface area contributed by atoms with Crippen LogP contribution in [0.15, 0.2) is 61.1 Å². The summed E-state index contributed by atoms with van der Waals surface area (Å²) in [6.07, 6.45) is 7.45. The number of rotatable bonds is 4. The van der Waals surface area contributed by atoms with Crippen LogP contribution >= 0.6 is 0 Å². The summed E-state index contributed by atoms with van der Waals surface area (Å²) in [5.74, 6) is 1.23. The maximum atomic E-state index is 12.7. The van der Waals surface area contributed by atoms with Crippen LogP contribution in [0.2, 0.25) is 0 Å². The van der Waals surface area contributed by atoms with Crippen molar-refractivity contribution < 1.29 is 4.79 Å². The minimum Gasteiger partial charge on any atom is -0.337 e. The van der Waals surface area contributed by atoms with Gasteiger partial charge in [0.25, 0.3) is 5.91 Å². The van der Waals surface area contributed by atoms with Gasteiger partial charge in [0.2, 0.25) is 0 Å². The molecule has 0 spiro atoms. The molecule has 3 aromatic rings. The van der Waals surface area contributed by atoms with Gasteiger partial charge in [0, 0.05) is 44.1 Å². The lowest BCUT2D eigenvalue weighted by molar-refractivity contribution is 0.0696. The van der Waals surface area contributed by atoms with E-state index in [0.717, 1.165) is 31.8 Å². The highest BCUT2D eigenvalue weighted by molar-refractivity contribution is 5.92. The third kappa shape index (κ3) is 3.49. The molecule has 3 heterocycles. The van der Waals surface area contributed by atoms with Crippen molar-refractivity contribution >= 4 is 5.91 Å². The Bertz CT molecular complexity index is 862. The topological polar surface area (TPSA) is 63.9 Å². The molecule has 6 nitrogen and oxygen atoms in total. The van der Waals surface area contributed by atoms with Crippen molar-refractivity contribution in [2.75, 3.05) is 13.1 Å². The second kappa shape index (κ2) is 7.47. The Labute approximate surface area is 152 Å². The monoisotopic (exact) mass is 347 g/mol. The molecule has 1 saturated heterocycles. The van der Waals surface area contributed by atoms with E-state index in [1.807, 2.05) is 35.5 Å². The molecule has 0 radical (unpaired) electrons. The summed E-state index contributed by atoms with van der Waals surface area (Å²) >= 11 is 0. The molecule has 132 valence electrons. The molecule has 1 fully saturated rings. The van der Waals surface area contributed by atoms with Crippen LogP contribution in [0, 0.1) is 0 Å². The molecule has 1 amide bonds. The second-order valence-electron chi connectivity index (χ2n) is 6.60. The quantitative estimate of drug-likeness (QED) is 0.728. The van der Waals surface area contributed by atoms with E-state index < -0.39 is 0 Å². The predicted octanol–water partition coefficient (Wildman–Crippen LogP) is 2.74. The fourth-order valence-electron chi connectivity index (χ4n) is 3.54. The van der Waals surface area contributed by atoms with Gasteiger partial charge in [-0.2, -0.15) is 5.10 Å². The van der Waals surface area contributed by atoms with E-state index in [0.29, 0.717) is 12.2 Å². The van der Waals surface area contributed by atoms with Crippen molar-refractivity contribution in [1.29, 1.82) is 0 Å². The molecular weight excluding hydrogens is 326 g/mol. The van der Waals surface area contributed by atoms with Gasteiger partial charge < -0.3 is 9.47 Å². The number of nitrogens with zero attached hydrogens (tertiary/aromatic N) is 5. The molecule has 1 atom stereocenters. The summed E-state index contributed by atoms with van der Waals surface area (Å²) in [7, 11) is 0. The Kier molecular flexibility index (Phi) is 4.73. The van der Waals surface area contributed by atoms with Crippen molar-refractivity contribution in [2.45, 2.75) is 25.3 Å². The zero-order chi connectivity index (χ0) is 17.8. The number of aromatic nitrogens is 4. The zero-order valence-electron chi connectivity index (χ0n) is 14.5. The van der Waals surface area contributed by atoms with Crippen molar-refractivity contribution in [1.82, 2.24) is 24.6 Å². The largest absolute Gasteiger partial charge is 0.337 e. The first-order valence-electron chi connectivity index (χ1n) is 8.93. The number of benzene rings is 1. The number of piperidine rings is 1. The Hall–Kier alpha value is -3.02. The van der Waals surface area contributed by atoms with Crippen LogP contribution in [-0.4, -0.2) is 43.6 Å². The lowest BCUT2D eigenvalue weighted by atomic mass is 9.96. The smallest absolute Gasteiger partial charge is 0.274 e. The summed E-state index contributed by atoms with van der Waals surface area (Å²) in [6, 6.07) is 13.8. The normalized spacial score (nSPS) is 17.2. The number of likely N-dealkylation sites (tertiary alicyclic amines) is 1. The maximum Gasteiger partial charge on any atom is 0.274 e. The summed E-state index contributed by atoms with van der Waals surface area (Å²) in [6.45, 7) is 2.22. The molecule has 1 aliphatic rings. The predicted molar refractivity (Wildman–Crippen MR) is 97.7 cm³/mol. The van der Waals surface area contributed by atoms with E-state index in [4.69, 9.17) is 0 Å². The van der Waals surface area contributed by atoms with Crippen LogP contribution in [0.5, 0.6) is 0 Å². The summed E-state index contributed by atoms with van der Waals surface area (Å²) < 4.78 is 2.19. The first-order valence-corrected chi connectivity index (χ1v) is 8.93. The number of carbonyl (C=O) groups is 1. The Morgan fingerprint density at radius 1 is 1.12 bits per heavy atom. The number of carbonyl (C=O) groups excluding carboxylic acids is 1. The van der Waals surface area contributed by atoms with E-state index in [1.54, 1.807) is 18.3 Å². The van der Waals surface area contributed by atoms with E-state index in [9.17, 15) is 4.79 Å². The van der Waals surface area contributed by atoms with E-state index in [2.05, 4.69) is 31.9 Å². The highest BCUT2D eigenvalue weighted by atomic mass is 16.2. The molecule has 0 aliphatic carbocycles. The van der Waals surface area contributed by atoms with Gasteiger partial charge in [0.05, 0.1) is 0 Å². The molecule has 0 N–H and O–H groups in total. The van der Waals surface area contributed by atoms with Crippen LogP contribution in [-0.2, 0) is 6.54 Å². The molecule has 0 saturated carbocycles. The first kappa shape index (κ1) is 16.4. The molecular formula is C20H21N5O. The van der Waals surface area contributed by atoms with Gasteiger partial charge in [-0.3, -0.25) is 4.79 Å². The molecule has 1 aliphatic heterocycles. The van der Waals surface area contributed by atoms with Crippen LogP contribution < -0.4 is 0 Å². The van der Waals surface area contributed by atoms with Crippen LogP contribution in [0.1, 0.15) is 40.6 Å². The third-order valence-corrected chi connectivity index (χ3v) is 4.81. The summed E-state index contributed by atoms with van der Waals surface area (Å²) in [4.78, 5) is 19.2. The molecule has 0 unspecified atom stereocenters. The van der Waals surface area contributed by atoms with Crippen molar-refractivity contribution in [2.24, 2.45) is 0 Å². The van der Waals surface area contributed by atoms with E-state index in [-0.39, 0.29) is 11.8 Å². The van der Waals surface area contributed by atoms with Gasteiger partial charge in [-0.1, -0.05) is 30.3 Å². The Morgan fingerprint density at radius 2 is 2.00 bits per heavy atom. The lowest BCUT2D eigenvalue weighted by Gasteiger charge is -2.32. The molecule has 6 heteroatoms. The second-order valence-corrected chi connectivity index (χ2v) is 6.60. The Morgan fingerprint density at radius 3 is 2.81 bits per heavy atom. The average Bonchev–Trinajstić information content (AvgIpc) is 3.17. The number of amides is 1. The number of hydrogen-bond donors (Lipinski definition) is 0. The van der Waals surface area contributed by atoms with Crippen molar-refractivity contribution in [3.63, 3.8) is 0 Å². The van der Waals surface area contributed by atoms with Gasteiger partial charge in [0.1, 0.15) is 5.82 Å². The molecule has 26 heavy (non-hydrogen) atoms. The fraction of sp³-hybridized carbons (Fsp3) is 0.300. The highest BCUT2D eigenvalue weighted by Gasteiger charge is 2.28. The van der Waals surface area contributed by atoms with E-state index in [1.165, 1.54) is 5.56 Å². The van der Waals surface area contributed by atoms with Gasteiger partial charge in [0.15, 0.2) is 5.69 Å². The van der Waals surface area contributed by atoms with Gasteiger partial charge in [-0.05, 0) is 30.5 Å². The number of hydrogen-bond acceptors (Lipinski definition) is 4. The minimum atomic E-state index is -0.0519. The minimum absolute atomic E-state index is 0.0519. The molecule has 0 bridgehead atoms. The Balaban J connectivity index is 1.50. The fourth-order valence-corrected chi connectivity index (χ4v) is 3.54. The third-order valence-electron chi connectivity index (χ3n) is 4.81. The van der Waals surface area contributed by atoms with Crippen molar-refractivity contribution in [3.8, 4) is 0 Å². The zero-order valence-corrected chi connectivity index (χ0v) is 14.5. The summed E-state index contributed by atoms with van der Waals surface area (Å²) in [5.41, 5.74) is 1.65. The van der Waals surface area contributed by atoms with Crippen LogP contribution in [0.4, 0.5) is 0 Å².